The lowest BCUT2D eigenvalue weighted by atomic mass is 10.2. The fraction of sp³-hybridized carbons (Fsp3) is 0.316. The first-order valence-corrected chi connectivity index (χ1v) is 10.7. The van der Waals surface area contributed by atoms with Gasteiger partial charge >= 0.3 is 0 Å². The van der Waals surface area contributed by atoms with Crippen LogP contribution in [0.4, 0.5) is 11.4 Å². The molecule has 1 N–H and O–H groups in total. The number of nitrogens with zero attached hydrogens (tertiary/aromatic N) is 3. The number of ether oxygens (including phenoxy) is 1. The summed E-state index contributed by atoms with van der Waals surface area (Å²) in [4.78, 5) is 15.7. The van der Waals surface area contributed by atoms with Crippen LogP contribution < -0.4 is 10.2 Å². The Bertz CT molecular complexity index is 906. The van der Waals surface area contributed by atoms with Crippen molar-refractivity contribution in [2.75, 3.05) is 36.5 Å². The van der Waals surface area contributed by atoms with Crippen molar-refractivity contribution in [3.8, 4) is 10.8 Å². The van der Waals surface area contributed by atoms with Crippen molar-refractivity contribution in [1.82, 2.24) is 10.2 Å². The van der Waals surface area contributed by atoms with Gasteiger partial charge in [0.2, 0.25) is 5.91 Å². The maximum Gasteiger partial charge on any atom is 0.277 e. The third kappa shape index (κ3) is 4.54. The number of benzene rings is 1. The first-order valence-electron chi connectivity index (χ1n) is 8.97. The Kier molecular flexibility index (Phi) is 5.94. The highest BCUT2D eigenvalue weighted by molar-refractivity contribution is 8.00. The van der Waals surface area contributed by atoms with Crippen LogP contribution >= 0.6 is 23.1 Å². The van der Waals surface area contributed by atoms with E-state index in [0.29, 0.717) is 11.1 Å². The second-order valence-corrected chi connectivity index (χ2v) is 8.49. The summed E-state index contributed by atoms with van der Waals surface area (Å²) < 4.78 is 11.0. The van der Waals surface area contributed by atoms with Crippen LogP contribution in [-0.2, 0) is 9.53 Å². The minimum absolute atomic E-state index is 0.111. The first kappa shape index (κ1) is 19.0. The number of hydrogen-bond donors (Lipinski definition) is 1. The lowest BCUT2D eigenvalue weighted by Gasteiger charge is -2.28. The van der Waals surface area contributed by atoms with Crippen LogP contribution in [0.1, 0.15) is 6.92 Å². The van der Waals surface area contributed by atoms with E-state index >= 15 is 0 Å². The Morgan fingerprint density at radius 1 is 1.21 bits per heavy atom. The molecule has 1 atom stereocenters. The summed E-state index contributed by atoms with van der Waals surface area (Å²) in [5, 5.41) is 13.0. The smallest absolute Gasteiger partial charge is 0.277 e. The Hall–Kier alpha value is -2.36. The summed E-state index contributed by atoms with van der Waals surface area (Å²) in [6, 6.07) is 11.7. The van der Waals surface area contributed by atoms with Crippen molar-refractivity contribution in [2.24, 2.45) is 0 Å². The van der Waals surface area contributed by atoms with Gasteiger partial charge in [0.15, 0.2) is 0 Å². The van der Waals surface area contributed by atoms with Crippen molar-refractivity contribution in [1.29, 1.82) is 0 Å². The summed E-state index contributed by atoms with van der Waals surface area (Å²) in [6.07, 6.45) is 0. The van der Waals surface area contributed by atoms with Crippen molar-refractivity contribution in [3.63, 3.8) is 0 Å². The van der Waals surface area contributed by atoms with Gasteiger partial charge in [-0.1, -0.05) is 17.8 Å². The number of hydrogen-bond acceptors (Lipinski definition) is 8. The third-order valence-electron chi connectivity index (χ3n) is 4.30. The molecule has 1 aliphatic heterocycles. The normalized spacial score (nSPS) is 15.4. The van der Waals surface area contributed by atoms with Crippen molar-refractivity contribution in [2.45, 2.75) is 17.4 Å². The standard InChI is InChI=1S/C19H20N4O3S2/c1-13(28-19-22-21-18(26-19)16-3-2-12-27-16)17(24)20-14-4-6-15(7-5-14)23-8-10-25-11-9-23/h2-7,12-13H,8-11H2,1H3,(H,20,24)/t13-/m1/s1. The van der Waals surface area contributed by atoms with Gasteiger partial charge in [0.05, 0.1) is 23.3 Å². The van der Waals surface area contributed by atoms with E-state index in [1.807, 2.05) is 48.7 Å². The molecule has 0 bridgehead atoms. The molecule has 1 fully saturated rings. The van der Waals surface area contributed by atoms with E-state index in [4.69, 9.17) is 9.15 Å². The zero-order valence-corrected chi connectivity index (χ0v) is 17.0. The highest BCUT2D eigenvalue weighted by Gasteiger charge is 2.19. The number of amides is 1. The molecule has 0 spiro atoms. The first-order chi connectivity index (χ1) is 13.7. The average molecular weight is 417 g/mol. The van der Waals surface area contributed by atoms with E-state index in [-0.39, 0.29) is 11.2 Å². The summed E-state index contributed by atoms with van der Waals surface area (Å²) in [7, 11) is 0. The fourth-order valence-corrected chi connectivity index (χ4v) is 4.11. The Morgan fingerprint density at radius 2 is 2.00 bits per heavy atom. The molecule has 3 aromatic rings. The number of morpholine rings is 1. The minimum Gasteiger partial charge on any atom is -0.410 e. The summed E-state index contributed by atoms with van der Waals surface area (Å²) in [5.74, 6) is 0.365. The number of thioether (sulfide) groups is 1. The average Bonchev–Trinajstić information content (AvgIpc) is 3.41. The molecular formula is C19H20N4O3S2. The van der Waals surface area contributed by atoms with Crippen LogP contribution in [0.2, 0.25) is 0 Å². The molecule has 4 rings (SSSR count). The van der Waals surface area contributed by atoms with Gasteiger partial charge in [-0.15, -0.1) is 21.5 Å². The third-order valence-corrected chi connectivity index (χ3v) is 6.09. The molecule has 0 unspecified atom stereocenters. The van der Waals surface area contributed by atoms with E-state index < -0.39 is 0 Å². The van der Waals surface area contributed by atoms with E-state index in [2.05, 4.69) is 20.4 Å². The molecule has 7 nitrogen and oxygen atoms in total. The van der Waals surface area contributed by atoms with Crippen molar-refractivity contribution < 1.29 is 13.9 Å². The summed E-state index contributed by atoms with van der Waals surface area (Å²) >= 11 is 2.78. The molecule has 28 heavy (non-hydrogen) atoms. The molecule has 1 aliphatic rings. The number of carbonyl (C=O) groups excluding carboxylic acids is 1. The maximum absolute atomic E-state index is 12.5. The molecule has 2 aromatic heterocycles. The molecular weight excluding hydrogens is 396 g/mol. The van der Waals surface area contributed by atoms with Crippen LogP contribution in [0.5, 0.6) is 0 Å². The maximum atomic E-state index is 12.5. The van der Waals surface area contributed by atoms with Crippen LogP contribution in [0.15, 0.2) is 51.4 Å². The quantitative estimate of drug-likeness (QED) is 0.613. The zero-order chi connectivity index (χ0) is 19.3. The topological polar surface area (TPSA) is 80.5 Å². The highest BCUT2D eigenvalue weighted by Crippen LogP contribution is 2.29. The van der Waals surface area contributed by atoms with Gasteiger partial charge in [0.25, 0.3) is 11.1 Å². The lowest BCUT2D eigenvalue weighted by Crippen LogP contribution is -2.36. The molecule has 1 aromatic carbocycles. The molecule has 0 aliphatic carbocycles. The largest absolute Gasteiger partial charge is 0.410 e. The Balaban J connectivity index is 1.33. The van der Waals surface area contributed by atoms with Crippen molar-refractivity contribution in [3.05, 3.63) is 41.8 Å². The van der Waals surface area contributed by atoms with Gasteiger partial charge in [-0.25, -0.2) is 0 Å². The van der Waals surface area contributed by atoms with Crippen LogP contribution in [-0.4, -0.2) is 47.7 Å². The van der Waals surface area contributed by atoms with Crippen LogP contribution in [0.25, 0.3) is 10.8 Å². The molecule has 0 radical (unpaired) electrons. The van der Waals surface area contributed by atoms with Crippen molar-refractivity contribution >= 4 is 40.4 Å². The van der Waals surface area contributed by atoms with Crippen LogP contribution in [0, 0.1) is 0 Å². The van der Waals surface area contributed by atoms with Gasteiger partial charge in [-0.2, -0.15) is 0 Å². The Morgan fingerprint density at radius 3 is 2.71 bits per heavy atom. The molecule has 1 amide bonds. The van der Waals surface area contributed by atoms with Gasteiger partial charge in [-0.3, -0.25) is 4.79 Å². The molecule has 3 heterocycles. The van der Waals surface area contributed by atoms with E-state index in [1.165, 1.54) is 23.1 Å². The molecule has 9 heteroatoms. The minimum atomic E-state index is -0.365. The predicted molar refractivity (Wildman–Crippen MR) is 111 cm³/mol. The monoisotopic (exact) mass is 416 g/mol. The SMILES string of the molecule is C[C@@H](Sc1nnc(-c2cccs2)o1)C(=O)Nc1ccc(N2CCOCC2)cc1. The van der Waals surface area contributed by atoms with Crippen LogP contribution in [0.3, 0.4) is 0 Å². The van der Waals surface area contributed by atoms with Gasteiger partial charge in [0, 0.05) is 24.5 Å². The lowest BCUT2D eigenvalue weighted by molar-refractivity contribution is -0.115. The highest BCUT2D eigenvalue weighted by atomic mass is 32.2. The fourth-order valence-electron chi connectivity index (χ4n) is 2.78. The predicted octanol–water partition coefficient (Wildman–Crippen LogP) is 3.75. The number of anilines is 2. The van der Waals surface area contributed by atoms with Gasteiger partial charge in [-0.05, 0) is 42.6 Å². The molecule has 1 saturated heterocycles. The number of thiophene rings is 1. The summed E-state index contributed by atoms with van der Waals surface area (Å²) in [5.41, 5.74) is 1.90. The number of nitrogens with one attached hydrogen (secondary N) is 1. The number of aromatic nitrogens is 2. The second-order valence-electron chi connectivity index (χ2n) is 6.25. The van der Waals surface area contributed by atoms with E-state index in [0.717, 1.165) is 42.6 Å². The van der Waals surface area contributed by atoms with Gasteiger partial charge in [0.1, 0.15) is 0 Å². The van der Waals surface area contributed by atoms with E-state index in [9.17, 15) is 4.79 Å². The molecule has 0 saturated carbocycles. The second kappa shape index (κ2) is 8.76. The molecule has 146 valence electrons. The van der Waals surface area contributed by atoms with E-state index in [1.54, 1.807) is 0 Å². The Labute approximate surface area is 171 Å². The summed E-state index contributed by atoms with van der Waals surface area (Å²) in [6.45, 7) is 5.08. The zero-order valence-electron chi connectivity index (χ0n) is 15.3. The number of rotatable bonds is 6. The van der Waals surface area contributed by atoms with Gasteiger partial charge < -0.3 is 19.4 Å². The number of carbonyl (C=O) groups is 1.